The molecule has 2 heterocycles. The molecule has 0 unspecified atom stereocenters. The highest BCUT2D eigenvalue weighted by molar-refractivity contribution is 6.35. The van der Waals surface area contributed by atoms with E-state index in [2.05, 4.69) is 14.7 Å². The summed E-state index contributed by atoms with van der Waals surface area (Å²) < 4.78 is 42.8. The number of carbonyl (C=O) groups excluding carboxylic acids is 1. The normalized spacial score (nSPS) is 11.4. The number of ether oxygens (including phenoxy) is 1. The van der Waals surface area contributed by atoms with Crippen LogP contribution in [-0.4, -0.2) is 23.0 Å². The molecule has 0 radical (unpaired) electrons. The molecule has 0 bridgehead atoms. The SMILES string of the molecule is COC(=O)c1nc(-c2nc(Cl)c(C(F)(F)F)cc2Cl)ccc1Cl. The Kier molecular flexibility index (Phi) is 5.03. The monoisotopic (exact) mass is 384 g/mol. The standard InChI is InChI=1S/C13H6Cl3F3N2O2/c1-23-12(22)10-6(14)2-3-8(20-10)9-7(15)4-5(11(16)21-9)13(17,18)19/h2-4H,1H3. The predicted molar refractivity (Wildman–Crippen MR) is 78.8 cm³/mol. The summed E-state index contributed by atoms with van der Waals surface area (Å²) in [7, 11) is 1.13. The zero-order valence-corrected chi connectivity index (χ0v) is 13.5. The van der Waals surface area contributed by atoms with Crippen LogP contribution in [0.4, 0.5) is 13.2 Å². The van der Waals surface area contributed by atoms with Gasteiger partial charge in [-0.3, -0.25) is 0 Å². The van der Waals surface area contributed by atoms with Crippen molar-refractivity contribution in [3.63, 3.8) is 0 Å². The van der Waals surface area contributed by atoms with Crippen LogP contribution >= 0.6 is 34.8 Å². The highest BCUT2D eigenvalue weighted by atomic mass is 35.5. The van der Waals surface area contributed by atoms with E-state index >= 15 is 0 Å². The fourth-order valence-electron chi connectivity index (χ4n) is 1.66. The quantitative estimate of drug-likeness (QED) is 0.544. The lowest BCUT2D eigenvalue weighted by atomic mass is 10.2. The summed E-state index contributed by atoms with van der Waals surface area (Å²) in [6, 6.07) is 3.30. The molecule has 0 aliphatic rings. The van der Waals surface area contributed by atoms with E-state index in [4.69, 9.17) is 34.8 Å². The third-order valence-corrected chi connectivity index (χ3v) is 3.58. The van der Waals surface area contributed by atoms with Crippen LogP contribution in [-0.2, 0) is 10.9 Å². The molecule has 2 aromatic heterocycles. The van der Waals surface area contributed by atoms with Crippen LogP contribution in [0.5, 0.6) is 0 Å². The highest BCUT2D eigenvalue weighted by Gasteiger charge is 2.35. The number of nitrogens with zero attached hydrogens (tertiary/aromatic N) is 2. The lowest BCUT2D eigenvalue weighted by molar-refractivity contribution is -0.137. The molecule has 0 fully saturated rings. The first-order valence-electron chi connectivity index (χ1n) is 5.83. The van der Waals surface area contributed by atoms with Crippen molar-refractivity contribution in [3.05, 3.63) is 44.7 Å². The fraction of sp³-hybridized carbons (Fsp3) is 0.154. The van der Waals surface area contributed by atoms with Crippen LogP contribution in [0.3, 0.4) is 0 Å². The van der Waals surface area contributed by atoms with Crippen molar-refractivity contribution in [2.24, 2.45) is 0 Å². The first kappa shape index (κ1) is 17.8. The Balaban J connectivity index is 2.60. The van der Waals surface area contributed by atoms with E-state index in [0.29, 0.717) is 6.07 Å². The molecule has 2 rings (SSSR count). The largest absolute Gasteiger partial charge is 0.464 e. The van der Waals surface area contributed by atoms with Crippen LogP contribution in [0.2, 0.25) is 15.2 Å². The number of pyridine rings is 2. The van der Waals surface area contributed by atoms with Crippen molar-refractivity contribution in [1.29, 1.82) is 0 Å². The topological polar surface area (TPSA) is 52.1 Å². The summed E-state index contributed by atoms with van der Waals surface area (Å²) in [5.41, 5.74) is -1.49. The van der Waals surface area contributed by atoms with Crippen molar-refractivity contribution in [1.82, 2.24) is 9.97 Å². The van der Waals surface area contributed by atoms with Gasteiger partial charge < -0.3 is 4.74 Å². The Morgan fingerprint density at radius 2 is 1.78 bits per heavy atom. The maximum Gasteiger partial charge on any atom is 0.419 e. The molecule has 0 saturated heterocycles. The molecule has 2 aromatic rings. The summed E-state index contributed by atoms with van der Waals surface area (Å²) in [6.07, 6.45) is -4.70. The molecular weight excluding hydrogens is 380 g/mol. The number of esters is 1. The first-order chi connectivity index (χ1) is 10.6. The van der Waals surface area contributed by atoms with Crippen molar-refractivity contribution in [3.8, 4) is 11.4 Å². The van der Waals surface area contributed by atoms with Gasteiger partial charge in [0.1, 0.15) is 10.8 Å². The average Bonchev–Trinajstić information content (AvgIpc) is 2.48. The molecule has 10 heteroatoms. The molecule has 122 valence electrons. The number of rotatable bonds is 2. The van der Waals surface area contributed by atoms with E-state index in [1.165, 1.54) is 12.1 Å². The van der Waals surface area contributed by atoms with Gasteiger partial charge in [-0.2, -0.15) is 13.2 Å². The third-order valence-electron chi connectivity index (χ3n) is 2.70. The van der Waals surface area contributed by atoms with Gasteiger partial charge in [-0.15, -0.1) is 0 Å². The Bertz CT molecular complexity index is 782. The number of aromatic nitrogens is 2. The van der Waals surface area contributed by atoms with Gasteiger partial charge in [0.05, 0.1) is 28.4 Å². The molecule has 0 atom stereocenters. The average molecular weight is 386 g/mol. The van der Waals surface area contributed by atoms with Gasteiger partial charge >= 0.3 is 12.1 Å². The Morgan fingerprint density at radius 3 is 2.35 bits per heavy atom. The second-order valence-corrected chi connectivity index (χ2v) is 5.35. The molecule has 0 saturated carbocycles. The minimum Gasteiger partial charge on any atom is -0.464 e. The Hall–Kier alpha value is -1.57. The summed E-state index contributed by atoms with van der Waals surface area (Å²) in [5, 5.41) is -1.10. The Labute approximate surface area is 143 Å². The zero-order chi connectivity index (χ0) is 17.4. The number of carbonyl (C=O) groups is 1. The van der Waals surface area contributed by atoms with E-state index in [-0.39, 0.29) is 27.1 Å². The van der Waals surface area contributed by atoms with Crippen LogP contribution in [0, 0.1) is 0 Å². The summed E-state index contributed by atoms with van der Waals surface area (Å²) in [5.74, 6) is -0.814. The van der Waals surface area contributed by atoms with Crippen molar-refractivity contribution < 1.29 is 22.7 Å². The molecule has 0 aromatic carbocycles. The molecule has 23 heavy (non-hydrogen) atoms. The summed E-state index contributed by atoms with van der Waals surface area (Å²) in [6.45, 7) is 0. The van der Waals surface area contributed by atoms with E-state index < -0.39 is 22.9 Å². The maximum atomic E-state index is 12.8. The van der Waals surface area contributed by atoms with E-state index in [9.17, 15) is 18.0 Å². The lowest BCUT2D eigenvalue weighted by Crippen LogP contribution is -2.09. The number of hydrogen-bond acceptors (Lipinski definition) is 4. The maximum absolute atomic E-state index is 12.8. The molecular formula is C13H6Cl3F3N2O2. The summed E-state index contributed by atoms with van der Waals surface area (Å²) >= 11 is 17.2. The third kappa shape index (κ3) is 3.68. The van der Waals surface area contributed by atoms with Gasteiger partial charge in [-0.1, -0.05) is 34.8 Å². The van der Waals surface area contributed by atoms with E-state index in [0.717, 1.165) is 7.11 Å². The molecule has 0 aliphatic heterocycles. The van der Waals surface area contributed by atoms with Gasteiger partial charge in [-0.25, -0.2) is 14.8 Å². The minimum absolute atomic E-state index is 0.00901. The van der Waals surface area contributed by atoms with Gasteiger partial charge in [-0.05, 0) is 18.2 Å². The second-order valence-electron chi connectivity index (χ2n) is 4.17. The summed E-state index contributed by atoms with van der Waals surface area (Å²) in [4.78, 5) is 19.1. The van der Waals surface area contributed by atoms with Gasteiger partial charge in [0.15, 0.2) is 5.69 Å². The van der Waals surface area contributed by atoms with Crippen LogP contribution in [0.1, 0.15) is 16.1 Å². The van der Waals surface area contributed by atoms with E-state index in [1.54, 1.807) is 0 Å². The lowest BCUT2D eigenvalue weighted by Gasteiger charge is -2.12. The Morgan fingerprint density at radius 1 is 1.13 bits per heavy atom. The minimum atomic E-state index is -4.70. The van der Waals surface area contributed by atoms with Crippen molar-refractivity contribution >= 4 is 40.8 Å². The predicted octanol–water partition coefficient (Wildman–Crippen LogP) is 4.91. The number of hydrogen-bond donors (Lipinski definition) is 0. The molecule has 0 aliphatic carbocycles. The first-order valence-corrected chi connectivity index (χ1v) is 6.97. The van der Waals surface area contributed by atoms with Gasteiger partial charge in [0.2, 0.25) is 0 Å². The smallest absolute Gasteiger partial charge is 0.419 e. The molecule has 0 spiro atoms. The highest BCUT2D eigenvalue weighted by Crippen LogP contribution is 2.38. The van der Waals surface area contributed by atoms with Gasteiger partial charge in [0, 0.05) is 0 Å². The van der Waals surface area contributed by atoms with Crippen LogP contribution in [0.15, 0.2) is 18.2 Å². The molecule has 0 amide bonds. The van der Waals surface area contributed by atoms with Crippen molar-refractivity contribution in [2.45, 2.75) is 6.18 Å². The fourth-order valence-corrected chi connectivity index (χ4v) is 2.34. The number of methoxy groups -OCH3 is 1. The van der Waals surface area contributed by atoms with Gasteiger partial charge in [0.25, 0.3) is 0 Å². The van der Waals surface area contributed by atoms with Crippen molar-refractivity contribution in [2.75, 3.05) is 7.11 Å². The number of halogens is 6. The molecule has 0 N–H and O–H groups in total. The van der Waals surface area contributed by atoms with E-state index in [1.807, 2.05) is 0 Å². The zero-order valence-electron chi connectivity index (χ0n) is 11.2. The van der Waals surface area contributed by atoms with Crippen LogP contribution in [0.25, 0.3) is 11.4 Å². The number of alkyl halides is 3. The van der Waals surface area contributed by atoms with Crippen LogP contribution < -0.4 is 0 Å². The molecule has 4 nitrogen and oxygen atoms in total. The second kappa shape index (κ2) is 6.51.